The van der Waals surface area contributed by atoms with Gasteiger partial charge in [-0.3, -0.25) is 20.2 Å². The summed E-state index contributed by atoms with van der Waals surface area (Å²) in [5.41, 5.74) is 6.19. The lowest BCUT2D eigenvalue weighted by Gasteiger charge is -1.96. The maximum absolute atomic E-state index is 11.7. The van der Waals surface area contributed by atoms with Gasteiger partial charge in [0.05, 0.1) is 20.0 Å². The molecule has 0 saturated heterocycles. The minimum Gasteiger partial charge on any atom is -0.376 e. The molecule has 0 spiro atoms. The first-order chi connectivity index (χ1) is 15.0. The van der Waals surface area contributed by atoms with Gasteiger partial charge in [0.2, 0.25) is 23.0 Å². The second kappa shape index (κ2) is 6.40. The zero-order valence-electron chi connectivity index (χ0n) is 14.8. The third-order valence-corrected chi connectivity index (χ3v) is 4.00. The summed E-state index contributed by atoms with van der Waals surface area (Å²) < 4.78 is 0.952. The van der Waals surface area contributed by atoms with Gasteiger partial charge in [0.25, 0.3) is 11.3 Å². The molecule has 0 aromatic carbocycles. The summed E-state index contributed by atoms with van der Waals surface area (Å²) in [5.74, 6) is -3.51. The molecule has 0 fully saturated rings. The smallest absolute Gasteiger partial charge is 0.376 e. The number of fused-ring (bicyclic) bond motifs is 2. The fourth-order valence-corrected chi connectivity index (χ4v) is 2.71. The molecule has 4 aromatic heterocycles. The molecule has 0 unspecified atom stereocenters. The number of nitro groups is 4. The van der Waals surface area contributed by atoms with Crippen LogP contribution in [0.5, 0.6) is 0 Å². The number of nitrogen functional groups attached to an aromatic ring is 2. The standard InChI is InChI=1S/C10H4N14O8/c11-5-9(23(29)30)15-13-7-3(21(25)26)1(17-19(5)7)2-4(22(27)28)8-14-16-10(24(31)32)6(12)20(8)18-2/h11-12H2. The summed E-state index contributed by atoms with van der Waals surface area (Å²) in [6.45, 7) is 0. The van der Waals surface area contributed by atoms with Gasteiger partial charge in [0.1, 0.15) is 0 Å². The van der Waals surface area contributed by atoms with Crippen LogP contribution in [0, 0.1) is 40.5 Å². The van der Waals surface area contributed by atoms with Crippen molar-refractivity contribution < 1.29 is 19.7 Å². The topological polar surface area (TPSA) is 311 Å². The van der Waals surface area contributed by atoms with Gasteiger partial charge in [-0.2, -0.15) is 19.2 Å². The predicted molar refractivity (Wildman–Crippen MR) is 96.0 cm³/mol. The molecule has 0 aliphatic heterocycles. The van der Waals surface area contributed by atoms with Crippen molar-refractivity contribution in [3.8, 4) is 11.4 Å². The van der Waals surface area contributed by atoms with E-state index < -0.39 is 77.0 Å². The van der Waals surface area contributed by atoms with Crippen molar-refractivity contribution >= 4 is 45.9 Å². The van der Waals surface area contributed by atoms with E-state index in [1.165, 1.54) is 0 Å². The quantitative estimate of drug-likeness (QED) is 0.273. The molecular formula is C10H4N14O8. The van der Waals surface area contributed by atoms with E-state index in [0.29, 0.717) is 9.03 Å². The first-order valence-corrected chi connectivity index (χ1v) is 7.72. The van der Waals surface area contributed by atoms with Crippen LogP contribution in [0.4, 0.5) is 34.6 Å². The molecule has 4 N–H and O–H groups in total. The van der Waals surface area contributed by atoms with Crippen molar-refractivity contribution in [1.29, 1.82) is 0 Å². The van der Waals surface area contributed by atoms with Gasteiger partial charge in [0.15, 0.2) is 0 Å². The van der Waals surface area contributed by atoms with Crippen LogP contribution in [0.25, 0.3) is 22.7 Å². The summed E-state index contributed by atoms with van der Waals surface area (Å²) in [6.07, 6.45) is 0. The third kappa shape index (κ3) is 2.52. The van der Waals surface area contributed by atoms with Crippen molar-refractivity contribution in [3.05, 3.63) is 40.5 Å². The molecule has 0 aliphatic rings. The lowest BCUT2D eigenvalue weighted by Crippen LogP contribution is -2.08. The average molecular weight is 448 g/mol. The number of rotatable bonds is 5. The zero-order chi connectivity index (χ0) is 23.5. The van der Waals surface area contributed by atoms with Crippen molar-refractivity contribution in [2.75, 3.05) is 11.5 Å². The minimum atomic E-state index is -1.05. The third-order valence-electron chi connectivity index (χ3n) is 4.00. The Labute approximate surface area is 169 Å². The highest BCUT2D eigenvalue weighted by atomic mass is 16.6. The van der Waals surface area contributed by atoms with Gasteiger partial charge in [-0.25, -0.2) is 0 Å². The van der Waals surface area contributed by atoms with Crippen molar-refractivity contribution in [2.24, 2.45) is 0 Å². The van der Waals surface area contributed by atoms with Gasteiger partial charge in [-0.05, 0) is 20.0 Å². The molecule has 32 heavy (non-hydrogen) atoms. The van der Waals surface area contributed by atoms with Crippen molar-refractivity contribution in [2.45, 2.75) is 0 Å². The molecule has 0 aliphatic carbocycles. The highest BCUT2D eigenvalue weighted by molar-refractivity contribution is 5.87. The molecule has 0 saturated carbocycles. The molecular weight excluding hydrogens is 444 g/mol. The van der Waals surface area contributed by atoms with E-state index in [1.807, 2.05) is 0 Å². The van der Waals surface area contributed by atoms with E-state index >= 15 is 0 Å². The SMILES string of the molecule is Nc1c([N+](=O)[O-])nnc2c([N+](=O)[O-])c(-c3nn4c(N)c([N+](=O)[O-])nnc4c3[N+](=O)[O-])nn12. The van der Waals surface area contributed by atoms with Crippen LogP contribution < -0.4 is 11.5 Å². The predicted octanol–water partition coefficient (Wildman–Crippen LogP) is -0.974. The van der Waals surface area contributed by atoms with E-state index in [0.717, 1.165) is 0 Å². The van der Waals surface area contributed by atoms with E-state index in [1.54, 1.807) is 0 Å². The lowest BCUT2D eigenvalue weighted by atomic mass is 10.2. The second-order valence-corrected chi connectivity index (χ2v) is 5.71. The van der Waals surface area contributed by atoms with Gasteiger partial charge >= 0.3 is 23.0 Å². The van der Waals surface area contributed by atoms with Crippen molar-refractivity contribution in [3.63, 3.8) is 0 Å². The molecule has 4 heterocycles. The highest BCUT2D eigenvalue weighted by Crippen LogP contribution is 2.39. The van der Waals surface area contributed by atoms with Crippen LogP contribution >= 0.6 is 0 Å². The Morgan fingerprint density at radius 3 is 1.22 bits per heavy atom. The first kappa shape index (κ1) is 19.6. The monoisotopic (exact) mass is 448 g/mol. The number of hydrogen-bond donors (Lipinski definition) is 2. The first-order valence-electron chi connectivity index (χ1n) is 7.72. The Kier molecular flexibility index (Phi) is 3.92. The van der Waals surface area contributed by atoms with E-state index in [-0.39, 0.29) is 0 Å². The van der Waals surface area contributed by atoms with Crippen LogP contribution in [-0.2, 0) is 0 Å². The van der Waals surface area contributed by atoms with Gasteiger partial charge in [0, 0.05) is 0 Å². The Bertz CT molecular complexity index is 1410. The number of nitrogens with two attached hydrogens (primary N) is 2. The van der Waals surface area contributed by atoms with Gasteiger partial charge in [-0.15, -0.1) is 0 Å². The Morgan fingerprint density at radius 1 is 0.594 bits per heavy atom. The number of nitrogens with zero attached hydrogens (tertiary/aromatic N) is 12. The summed E-state index contributed by atoms with van der Waals surface area (Å²) >= 11 is 0. The Balaban J connectivity index is 2.15. The molecule has 0 atom stereocenters. The van der Waals surface area contributed by atoms with Gasteiger partial charge in [-0.1, -0.05) is 0 Å². The molecule has 0 radical (unpaired) electrons. The molecule has 4 aromatic rings. The molecule has 4 rings (SSSR count). The number of anilines is 2. The van der Waals surface area contributed by atoms with Crippen LogP contribution in [0.3, 0.4) is 0 Å². The Morgan fingerprint density at radius 2 is 0.938 bits per heavy atom. The minimum absolute atomic E-state index is 0.476. The summed E-state index contributed by atoms with van der Waals surface area (Å²) in [7, 11) is 0. The number of hydrogen-bond acceptors (Lipinski definition) is 16. The maximum Gasteiger partial charge on any atom is 0.433 e. The normalized spacial score (nSPS) is 11.1. The fourth-order valence-electron chi connectivity index (χ4n) is 2.71. The second-order valence-electron chi connectivity index (χ2n) is 5.71. The fraction of sp³-hybridized carbons (Fsp3) is 0. The summed E-state index contributed by atoms with van der Waals surface area (Å²) in [5, 5.41) is 65.9. The van der Waals surface area contributed by atoms with Crippen LogP contribution in [0.2, 0.25) is 0 Å². The van der Waals surface area contributed by atoms with Gasteiger partial charge < -0.3 is 31.7 Å². The van der Waals surface area contributed by atoms with Crippen LogP contribution in [-0.4, -0.2) is 59.3 Å². The largest absolute Gasteiger partial charge is 0.433 e. The number of aromatic nitrogens is 8. The van der Waals surface area contributed by atoms with E-state index in [9.17, 15) is 40.5 Å². The van der Waals surface area contributed by atoms with Crippen LogP contribution in [0.1, 0.15) is 0 Å². The highest BCUT2D eigenvalue weighted by Gasteiger charge is 2.39. The average Bonchev–Trinajstić information content (AvgIpc) is 3.27. The van der Waals surface area contributed by atoms with Crippen LogP contribution in [0.15, 0.2) is 0 Å². The van der Waals surface area contributed by atoms with Crippen molar-refractivity contribution in [1.82, 2.24) is 39.6 Å². The molecule has 22 heteroatoms. The summed E-state index contributed by atoms with van der Waals surface area (Å²) in [4.78, 5) is 41.2. The molecule has 0 bridgehead atoms. The van der Waals surface area contributed by atoms with E-state index in [4.69, 9.17) is 11.5 Å². The lowest BCUT2D eigenvalue weighted by molar-refractivity contribution is -0.389. The molecule has 0 amide bonds. The molecule has 162 valence electrons. The molecule has 22 nitrogen and oxygen atoms in total. The summed E-state index contributed by atoms with van der Waals surface area (Å²) in [6, 6.07) is 0. The Hall–Kier alpha value is -5.70. The van der Waals surface area contributed by atoms with E-state index in [2.05, 4.69) is 30.6 Å². The maximum atomic E-state index is 11.7. The zero-order valence-corrected chi connectivity index (χ0v) is 14.8.